The van der Waals surface area contributed by atoms with Crippen LogP contribution in [-0.4, -0.2) is 22.0 Å². The minimum Gasteiger partial charge on any atom is -0.357 e. The molecule has 0 spiro atoms. The lowest BCUT2D eigenvalue weighted by Crippen LogP contribution is -2.11. The van der Waals surface area contributed by atoms with Gasteiger partial charge in [-0.05, 0) is 0 Å². The van der Waals surface area contributed by atoms with Crippen molar-refractivity contribution in [1.82, 2.24) is 15.0 Å². The first-order valence-corrected chi connectivity index (χ1v) is 2.70. The van der Waals surface area contributed by atoms with Crippen LogP contribution in [0, 0.1) is 0 Å². The van der Waals surface area contributed by atoms with Gasteiger partial charge >= 0.3 is 0 Å². The molecule has 6 nitrogen and oxygen atoms in total. The number of nitrogens with two attached hydrogens (primary N) is 1. The lowest BCUT2D eigenvalue weighted by atomic mass is 10.9. The molecule has 1 aromatic rings. The van der Waals surface area contributed by atoms with Crippen molar-refractivity contribution in [3.8, 4) is 0 Å². The van der Waals surface area contributed by atoms with Crippen molar-refractivity contribution in [3.05, 3.63) is 6.33 Å². The summed E-state index contributed by atoms with van der Waals surface area (Å²) < 4.78 is 0. The number of hydrogen-bond donors (Lipinski definition) is 3. The molecule has 6 heteroatoms. The molecule has 10 heavy (non-hydrogen) atoms. The molecule has 1 aromatic heterocycles. The molecule has 0 saturated heterocycles. The molecule has 1 heterocycles. The van der Waals surface area contributed by atoms with Crippen LogP contribution in [0.4, 0.5) is 11.9 Å². The van der Waals surface area contributed by atoms with E-state index >= 15 is 0 Å². The van der Waals surface area contributed by atoms with Gasteiger partial charge < -0.3 is 5.32 Å². The summed E-state index contributed by atoms with van der Waals surface area (Å²) in [7, 11) is 1.72. The standard InChI is InChI=1S/C4H8N6/c1-6-3-7-2-8-4(9-3)10-5/h2H,5H2,1H3,(H2,6,7,8,9,10). The van der Waals surface area contributed by atoms with Gasteiger partial charge in [-0.1, -0.05) is 0 Å². The largest absolute Gasteiger partial charge is 0.357 e. The van der Waals surface area contributed by atoms with E-state index in [9.17, 15) is 0 Å². The van der Waals surface area contributed by atoms with Crippen molar-refractivity contribution in [3.63, 3.8) is 0 Å². The van der Waals surface area contributed by atoms with Crippen LogP contribution >= 0.6 is 0 Å². The maximum absolute atomic E-state index is 5.04. The molecule has 0 saturated carbocycles. The van der Waals surface area contributed by atoms with Crippen molar-refractivity contribution < 1.29 is 0 Å². The SMILES string of the molecule is CNc1ncnc(NN)n1. The maximum Gasteiger partial charge on any atom is 0.241 e. The van der Waals surface area contributed by atoms with Gasteiger partial charge in [0.25, 0.3) is 0 Å². The normalized spacial score (nSPS) is 9.00. The second kappa shape index (κ2) is 2.92. The predicted octanol–water partition coefficient (Wildman–Crippen LogP) is -0.801. The highest BCUT2D eigenvalue weighted by atomic mass is 15.3. The summed E-state index contributed by atoms with van der Waals surface area (Å²) in [6.45, 7) is 0. The number of hydrazine groups is 1. The van der Waals surface area contributed by atoms with E-state index in [4.69, 9.17) is 5.84 Å². The van der Waals surface area contributed by atoms with Gasteiger partial charge in [-0.25, -0.2) is 15.8 Å². The molecule has 0 fully saturated rings. The van der Waals surface area contributed by atoms with Crippen LogP contribution in [-0.2, 0) is 0 Å². The minimum absolute atomic E-state index is 0.347. The fraction of sp³-hybridized carbons (Fsp3) is 0.250. The van der Waals surface area contributed by atoms with Crippen LogP contribution in [0.5, 0.6) is 0 Å². The topological polar surface area (TPSA) is 88.8 Å². The number of hydrogen-bond acceptors (Lipinski definition) is 6. The first kappa shape index (κ1) is 6.69. The zero-order valence-electron chi connectivity index (χ0n) is 5.50. The van der Waals surface area contributed by atoms with Crippen molar-refractivity contribution in [1.29, 1.82) is 0 Å². The summed E-state index contributed by atoms with van der Waals surface area (Å²) in [6, 6.07) is 0. The Morgan fingerprint density at radius 1 is 1.40 bits per heavy atom. The van der Waals surface area contributed by atoms with Crippen LogP contribution in [0.2, 0.25) is 0 Å². The smallest absolute Gasteiger partial charge is 0.241 e. The predicted molar refractivity (Wildman–Crippen MR) is 37.2 cm³/mol. The summed E-state index contributed by atoms with van der Waals surface area (Å²) in [5, 5.41) is 2.74. The Morgan fingerprint density at radius 2 is 2.10 bits per heavy atom. The molecule has 0 amide bonds. The lowest BCUT2D eigenvalue weighted by Gasteiger charge is -1.98. The van der Waals surface area contributed by atoms with Gasteiger partial charge in [0.2, 0.25) is 11.9 Å². The van der Waals surface area contributed by atoms with Crippen molar-refractivity contribution in [2.75, 3.05) is 17.8 Å². The Balaban J connectivity index is 2.87. The molecule has 0 unspecified atom stereocenters. The number of rotatable bonds is 2. The first-order valence-electron chi connectivity index (χ1n) is 2.70. The van der Waals surface area contributed by atoms with Crippen molar-refractivity contribution >= 4 is 11.9 Å². The van der Waals surface area contributed by atoms with E-state index in [1.807, 2.05) is 0 Å². The third kappa shape index (κ3) is 1.29. The van der Waals surface area contributed by atoms with Gasteiger partial charge in [-0.15, -0.1) is 0 Å². The minimum atomic E-state index is 0.347. The molecular weight excluding hydrogens is 132 g/mol. The van der Waals surface area contributed by atoms with E-state index < -0.39 is 0 Å². The molecule has 54 valence electrons. The van der Waals surface area contributed by atoms with Crippen LogP contribution in [0.25, 0.3) is 0 Å². The van der Waals surface area contributed by atoms with Gasteiger partial charge in [0.1, 0.15) is 6.33 Å². The molecular formula is C4H8N6. The molecule has 4 N–H and O–H groups in total. The Bertz CT molecular complexity index is 191. The third-order valence-corrected chi connectivity index (χ3v) is 0.925. The van der Waals surface area contributed by atoms with E-state index in [-0.39, 0.29) is 0 Å². The van der Waals surface area contributed by atoms with Crippen LogP contribution in [0.15, 0.2) is 6.33 Å². The molecule has 0 aromatic carbocycles. The molecule has 0 aliphatic carbocycles. The highest BCUT2D eigenvalue weighted by Gasteiger charge is 1.93. The Hall–Kier alpha value is -1.43. The van der Waals surface area contributed by atoms with Gasteiger partial charge in [0.05, 0.1) is 0 Å². The van der Waals surface area contributed by atoms with Crippen molar-refractivity contribution in [2.45, 2.75) is 0 Å². The zero-order valence-corrected chi connectivity index (χ0v) is 5.50. The number of aromatic nitrogens is 3. The summed E-state index contributed by atoms with van der Waals surface area (Å²) in [4.78, 5) is 11.3. The number of anilines is 2. The molecule has 0 radical (unpaired) electrons. The second-order valence-electron chi connectivity index (χ2n) is 1.53. The molecule has 1 rings (SSSR count). The number of nitrogen functional groups attached to an aromatic ring is 1. The fourth-order valence-corrected chi connectivity index (χ4v) is 0.486. The second-order valence-corrected chi connectivity index (χ2v) is 1.53. The molecule has 0 atom stereocenters. The van der Waals surface area contributed by atoms with Gasteiger partial charge in [-0.2, -0.15) is 4.98 Å². The third-order valence-electron chi connectivity index (χ3n) is 0.925. The van der Waals surface area contributed by atoms with Gasteiger partial charge in [-0.3, -0.25) is 5.43 Å². The first-order chi connectivity index (χ1) is 4.86. The number of nitrogens with one attached hydrogen (secondary N) is 2. The van der Waals surface area contributed by atoms with E-state index in [0.29, 0.717) is 11.9 Å². The van der Waals surface area contributed by atoms with Gasteiger partial charge in [0, 0.05) is 7.05 Å². The van der Waals surface area contributed by atoms with Gasteiger partial charge in [0.15, 0.2) is 0 Å². The van der Waals surface area contributed by atoms with E-state index in [1.165, 1.54) is 6.33 Å². The zero-order chi connectivity index (χ0) is 7.40. The molecule has 0 bridgehead atoms. The monoisotopic (exact) mass is 140 g/mol. The number of nitrogens with zero attached hydrogens (tertiary/aromatic N) is 3. The quantitative estimate of drug-likeness (QED) is 0.368. The summed E-state index contributed by atoms with van der Waals surface area (Å²) in [6.07, 6.45) is 1.37. The maximum atomic E-state index is 5.04. The Morgan fingerprint density at radius 3 is 2.70 bits per heavy atom. The summed E-state index contributed by atoms with van der Waals surface area (Å²) in [5.41, 5.74) is 2.30. The van der Waals surface area contributed by atoms with E-state index in [0.717, 1.165) is 0 Å². The lowest BCUT2D eigenvalue weighted by molar-refractivity contribution is 1.03. The van der Waals surface area contributed by atoms with E-state index in [2.05, 4.69) is 25.7 Å². The van der Waals surface area contributed by atoms with Crippen LogP contribution in [0.3, 0.4) is 0 Å². The van der Waals surface area contributed by atoms with Crippen LogP contribution < -0.4 is 16.6 Å². The van der Waals surface area contributed by atoms with Crippen LogP contribution in [0.1, 0.15) is 0 Å². The fourth-order valence-electron chi connectivity index (χ4n) is 0.486. The highest BCUT2D eigenvalue weighted by Crippen LogP contribution is 1.96. The molecule has 0 aliphatic rings. The summed E-state index contributed by atoms with van der Waals surface area (Å²) >= 11 is 0. The average molecular weight is 140 g/mol. The van der Waals surface area contributed by atoms with Crippen molar-refractivity contribution in [2.24, 2.45) is 5.84 Å². The average Bonchev–Trinajstić information content (AvgIpc) is 2.05. The highest BCUT2D eigenvalue weighted by molar-refractivity contribution is 5.30. The Kier molecular flexibility index (Phi) is 1.96. The van der Waals surface area contributed by atoms with E-state index in [1.54, 1.807) is 7.05 Å². The molecule has 0 aliphatic heterocycles. The Labute approximate surface area is 57.9 Å². The summed E-state index contributed by atoms with van der Waals surface area (Å²) in [5.74, 6) is 5.88.